The smallest absolute Gasteiger partial charge is 0.241 e. The molecule has 0 bridgehead atoms. The fourth-order valence-electron chi connectivity index (χ4n) is 1.11. The zero-order valence-corrected chi connectivity index (χ0v) is 12.9. The van der Waals surface area contributed by atoms with E-state index in [0.29, 0.717) is 12.5 Å². The van der Waals surface area contributed by atoms with Crippen molar-refractivity contribution in [2.45, 2.75) is 32.4 Å². The molecule has 0 aliphatic heterocycles. The molecule has 3 N–H and O–H groups in total. The molecule has 0 aromatic rings. The van der Waals surface area contributed by atoms with Crippen LogP contribution in [0.4, 0.5) is 0 Å². The zero-order valence-electron chi connectivity index (χ0n) is 12.1. The largest absolute Gasteiger partial charge is 0.357 e. The van der Waals surface area contributed by atoms with E-state index in [1.807, 2.05) is 13.8 Å². The Kier molecular flexibility index (Phi) is 8.62. The van der Waals surface area contributed by atoms with Crippen LogP contribution in [0.2, 0.25) is 0 Å². The number of hydrogen-bond acceptors (Lipinski definition) is 3. The van der Waals surface area contributed by atoms with E-state index in [2.05, 4.69) is 41.0 Å². The summed E-state index contributed by atoms with van der Waals surface area (Å²) in [5, 5.41) is 9.09. The molecule has 106 valence electrons. The highest BCUT2D eigenvalue weighted by molar-refractivity contribution is 7.99. The maximum Gasteiger partial charge on any atom is 0.241 e. The van der Waals surface area contributed by atoms with E-state index >= 15 is 0 Å². The number of thioether (sulfide) groups is 1. The summed E-state index contributed by atoms with van der Waals surface area (Å²) in [5.41, 5.74) is 0. The average molecular weight is 274 g/mol. The summed E-state index contributed by atoms with van der Waals surface area (Å²) in [6.45, 7) is 10.6. The van der Waals surface area contributed by atoms with Gasteiger partial charge in [-0.05, 0) is 34.0 Å². The van der Waals surface area contributed by atoms with Crippen LogP contribution in [-0.2, 0) is 4.79 Å². The van der Waals surface area contributed by atoms with Crippen molar-refractivity contribution < 1.29 is 4.79 Å². The summed E-state index contributed by atoms with van der Waals surface area (Å²) in [4.78, 5) is 15.6. The lowest BCUT2D eigenvalue weighted by Crippen LogP contribution is -2.43. The standard InChI is InChI=1S/C12H26N4OS/c1-6-13-10(17)8-15-11(14-7-2)16-9-12(3,4)18-5/h6-9H2,1-5H3,(H,13,17)(H2,14,15,16). The molecule has 18 heavy (non-hydrogen) atoms. The van der Waals surface area contributed by atoms with E-state index in [1.165, 1.54) is 0 Å². The van der Waals surface area contributed by atoms with Crippen molar-refractivity contribution in [2.24, 2.45) is 4.99 Å². The third-order valence-electron chi connectivity index (χ3n) is 2.33. The number of rotatable bonds is 7. The van der Waals surface area contributed by atoms with Crippen molar-refractivity contribution >= 4 is 23.6 Å². The van der Waals surface area contributed by atoms with Gasteiger partial charge in [0.2, 0.25) is 5.91 Å². The van der Waals surface area contributed by atoms with Gasteiger partial charge in [-0.2, -0.15) is 11.8 Å². The van der Waals surface area contributed by atoms with Gasteiger partial charge in [0.05, 0.1) is 0 Å². The van der Waals surface area contributed by atoms with Gasteiger partial charge >= 0.3 is 0 Å². The van der Waals surface area contributed by atoms with Crippen LogP contribution in [0.5, 0.6) is 0 Å². The topological polar surface area (TPSA) is 65.5 Å². The highest BCUT2D eigenvalue weighted by atomic mass is 32.2. The van der Waals surface area contributed by atoms with Crippen LogP contribution in [0.15, 0.2) is 4.99 Å². The second-order valence-electron chi connectivity index (χ2n) is 4.47. The van der Waals surface area contributed by atoms with Gasteiger partial charge in [-0.3, -0.25) is 4.79 Å². The summed E-state index contributed by atoms with van der Waals surface area (Å²) in [6, 6.07) is 0. The second-order valence-corrected chi connectivity index (χ2v) is 5.98. The van der Waals surface area contributed by atoms with Gasteiger partial charge in [0.15, 0.2) is 5.96 Å². The van der Waals surface area contributed by atoms with Crippen molar-refractivity contribution in [3.05, 3.63) is 0 Å². The molecular weight excluding hydrogens is 248 g/mol. The van der Waals surface area contributed by atoms with Gasteiger partial charge in [0.25, 0.3) is 0 Å². The van der Waals surface area contributed by atoms with E-state index in [9.17, 15) is 4.79 Å². The normalized spacial score (nSPS) is 12.2. The Morgan fingerprint density at radius 1 is 1.17 bits per heavy atom. The monoisotopic (exact) mass is 274 g/mol. The minimum Gasteiger partial charge on any atom is -0.357 e. The maximum atomic E-state index is 11.3. The van der Waals surface area contributed by atoms with Gasteiger partial charge in [0, 0.05) is 24.4 Å². The number of hydrogen-bond donors (Lipinski definition) is 3. The Labute approximate surface area is 115 Å². The number of amides is 1. The molecule has 0 aliphatic carbocycles. The molecule has 0 spiro atoms. The van der Waals surface area contributed by atoms with Crippen LogP contribution >= 0.6 is 11.8 Å². The Hall–Kier alpha value is -0.910. The highest BCUT2D eigenvalue weighted by Crippen LogP contribution is 2.19. The number of nitrogens with one attached hydrogen (secondary N) is 3. The number of carbonyl (C=O) groups excluding carboxylic acids is 1. The highest BCUT2D eigenvalue weighted by Gasteiger charge is 2.16. The molecule has 0 aliphatic rings. The maximum absolute atomic E-state index is 11.3. The lowest BCUT2D eigenvalue weighted by atomic mass is 10.2. The molecule has 0 fully saturated rings. The van der Waals surface area contributed by atoms with E-state index in [-0.39, 0.29) is 17.2 Å². The molecular formula is C12H26N4OS. The summed E-state index contributed by atoms with van der Waals surface area (Å²) in [6.07, 6.45) is 2.08. The van der Waals surface area contributed by atoms with E-state index in [1.54, 1.807) is 11.8 Å². The van der Waals surface area contributed by atoms with Gasteiger partial charge in [0.1, 0.15) is 6.54 Å². The van der Waals surface area contributed by atoms with Gasteiger partial charge in [-0.15, -0.1) is 0 Å². The number of nitrogens with zero attached hydrogens (tertiary/aromatic N) is 1. The van der Waals surface area contributed by atoms with Gasteiger partial charge in [-0.1, -0.05) is 0 Å². The zero-order chi connectivity index (χ0) is 14.0. The second kappa shape index (κ2) is 9.08. The molecule has 0 atom stereocenters. The SMILES string of the molecule is CCNC(=O)CN=C(NCC)NCC(C)(C)SC. The number of guanidine groups is 1. The number of carbonyl (C=O) groups is 1. The first-order chi connectivity index (χ1) is 8.45. The minimum absolute atomic E-state index is 0.0566. The van der Waals surface area contributed by atoms with Crippen LogP contribution < -0.4 is 16.0 Å². The third kappa shape index (κ3) is 8.22. The molecule has 5 nitrogen and oxygen atoms in total. The first-order valence-corrected chi connectivity index (χ1v) is 7.51. The Morgan fingerprint density at radius 3 is 2.28 bits per heavy atom. The quantitative estimate of drug-likeness (QED) is 0.475. The van der Waals surface area contributed by atoms with Crippen LogP contribution in [0.3, 0.4) is 0 Å². The molecule has 0 radical (unpaired) electrons. The summed E-state index contributed by atoms with van der Waals surface area (Å²) in [5.74, 6) is 0.629. The number of aliphatic imine (C=N–C) groups is 1. The molecule has 1 amide bonds. The Morgan fingerprint density at radius 2 is 1.78 bits per heavy atom. The van der Waals surface area contributed by atoms with Crippen molar-refractivity contribution in [1.29, 1.82) is 0 Å². The van der Waals surface area contributed by atoms with Crippen LogP contribution in [-0.4, -0.2) is 49.0 Å². The Bertz CT molecular complexity index is 279. The fraction of sp³-hybridized carbons (Fsp3) is 0.833. The molecule has 0 saturated heterocycles. The lowest BCUT2D eigenvalue weighted by Gasteiger charge is -2.23. The molecule has 0 saturated carbocycles. The van der Waals surface area contributed by atoms with Crippen molar-refractivity contribution in [2.75, 3.05) is 32.4 Å². The van der Waals surface area contributed by atoms with Crippen molar-refractivity contribution in [1.82, 2.24) is 16.0 Å². The van der Waals surface area contributed by atoms with Gasteiger partial charge in [-0.25, -0.2) is 4.99 Å². The molecule has 6 heteroatoms. The molecule has 0 rings (SSSR count). The van der Waals surface area contributed by atoms with Crippen LogP contribution in [0.25, 0.3) is 0 Å². The van der Waals surface area contributed by atoms with Gasteiger partial charge < -0.3 is 16.0 Å². The lowest BCUT2D eigenvalue weighted by molar-refractivity contribution is -0.119. The van der Waals surface area contributed by atoms with E-state index < -0.39 is 0 Å². The first-order valence-electron chi connectivity index (χ1n) is 6.29. The van der Waals surface area contributed by atoms with Crippen LogP contribution in [0, 0.1) is 0 Å². The van der Waals surface area contributed by atoms with E-state index in [4.69, 9.17) is 0 Å². The third-order valence-corrected chi connectivity index (χ3v) is 3.58. The Balaban J connectivity index is 4.28. The number of likely N-dealkylation sites (N-methyl/N-ethyl adjacent to an activating group) is 1. The summed E-state index contributed by atoms with van der Waals surface area (Å²) in [7, 11) is 0. The fourth-order valence-corrected chi connectivity index (χ4v) is 1.33. The summed E-state index contributed by atoms with van der Waals surface area (Å²) < 4.78 is 0.141. The van der Waals surface area contributed by atoms with Crippen LogP contribution in [0.1, 0.15) is 27.7 Å². The van der Waals surface area contributed by atoms with Crippen molar-refractivity contribution in [3.63, 3.8) is 0 Å². The predicted octanol–water partition coefficient (Wildman–Crippen LogP) is 0.819. The summed E-state index contributed by atoms with van der Waals surface area (Å²) >= 11 is 1.80. The predicted molar refractivity (Wildman–Crippen MR) is 80.3 cm³/mol. The molecule has 0 unspecified atom stereocenters. The molecule has 0 heterocycles. The molecule has 0 aromatic heterocycles. The molecule has 0 aromatic carbocycles. The minimum atomic E-state index is -0.0566. The van der Waals surface area contributed by atoms with Crippen molar-refractivity contribution in [3.8, 4) is 0 Å². The first kappa shape index (κ1) is 17.1. The van der Waals surface area contributed by atoms with E-state index in [0.717, 1.165) is 13.1 Å². The average Bonchev–Trinajstić information content (AvgIpc) is 2.33.